The molecule has 1 nitrogen and oxygen atoms in total. The van der Waals surface area contributed by atoms with E-state index in [9.17, 15) is 0 Å². The SMILES string of the molecule is [NaH].[NaH].[O]=[Ag][Ag]. The van der Waals surface area contributed by atoms with Crippen LogP contribution in [-0.2, 0) is 37.2 Å². The van der Waals surface area contributed by atoms with Gasteiger partial charge in [-0.3, -0.25) is 0 Å². The average molecular weight is 280 g/mol. The second-order valence-electron chi connectivity index (χ2n) is 0.0371. The summed E-state index contributed by atoms with van der Waals surface area (Å²) in [5.74, 6) is 0. The van der Waals surface area contributed by atoms with Crippen LogP contribution in [-0.4, -0.2) is 59.1 Å². The summed E-state index contributed by atoms with van der Waals surface area (Å²) in [5.41, 5.74) is 0. The molecule has 5 heavy (non-hydrogen) atoms. The van der Waals surface area contributed by atoms with Gasteiger partial charge in [-0.15, -0.1) is 0 Å². The van der Waals surface area contributed by atoms with E-state index < -0.39 is 0 Å². The molecule has 0 atom stereocenters. The van der Waals surface area contributed by atoms with Crippen molar-refractivity contribution in [1.29, 1.82) is 0 Å². The summed E-state index contributed by atoms with van der Waals surface area (Å²) < 4.78 is 8.88. The number of hydrogen-bond acceptors (Lipinski definition) is 1. The Balaban J connectivity index is -0.0000000200. The van der Waals surface area contributed by atoms with E-state index in [1.54, 1.807) is 0 Å². The van der Waals surface area contributed by atoms with Crippen LogP contribution in [0.3, 0.4) is 0 Å². The summed E-state index contributed by atoms with van der Waals surface area (Å²) in [4.78, 5) is 0. The molecule has 0 heterocycles. The van der Waals surface area contributed by atoms with Crippen molar-refractivity contribution in [3.05, 3.63) is 0 Å². The van der Waals surface area contributed by atoms with Crippen LogP contribution in [0.2, 0.25) is 0 Å². The van der Waals surface area contributed by atoms with Crippen LogP contribution >= 0.6 is 0 Å². The quantitative estimate of drug-likeness (QED) is 0.498. The van der Waals surface area contributed by atoms with Crippen LogP contribution in [0.15, 0.2) is 0 Å². The molecule has 0 N–H and O–H groups in total. The predicted molar refractivity (Wildman–Crippen MR) is 15.0 cm³/mol. The van der Waals surface area contributed by atoms with Gasteiger partial charge in [-0.2, -0.15) is 0 Å². The van der Waals surface area contributed by atoms with Gasteiger partial charge in [0.15, 0.2) is 0 Å². The number of hydrogen-bond donors (Lipinski definition) is 0. The monoisotopic (exact) mass is 278 g/mol. The molecule has 0 radical (unpaired) electrons. The summed E-state index contributed by atoms with van der Waals surface area (Å²) in [6, 6.07) is 0. The predicted octanol–water partition coefficient (Wildman–Crippen LogP) is -1.42. The van der Waals surface area contributed by atoms with Crippen molar-refractivity contribution in [2.45, 2.75) is 0 Å². The number of rotatable bonds is 0. The van der Waals surface area contributed by atoms with Gasteiger partial charge in [-0.25, -0.2) is 0 Å². The molecule has 0 spiro atoms. The average Bonchev–Trinajstić information content (AvgIpc) is 0.918. The van der Waals surface area contributed by atoms with E-state index in [1.165, 1.54) is 0 Å². The van der Waals surface area contributed by atoms with Crippen molar-refractivity contribution in [1.82, 2.24) is 0 Å². The summed E-state index contributed by atoms with van der Waals surface area (Å²) in [6.07, 6.45) is 0. The topological polar surface area (TPSA) is 17.1 Å². The fourth-order valence-corrected chi connectivity index (χ4v) is 0. The van der Waals surface area contributed by atoms with Crippen molar-refractivity contribution in [2.24, 2.45) is 0 Å². The molecule has 0 aliphatic heterocycles. The van der Waals surface area contributed by atoms with Crippen molar-refractivity contribution >= 4 is 59.1 Å². The molecule has 0 rings (SSSR count). The standard InChI is InChI=1S/2Ag.2Na.O.2H. The molecule has 0 saturated carbocycles. The Labute approximate surface area is 93.9 Å². The van der Waals surface area contributed by atoms with Gasteiger partial charge in [0.25, 0.3) is 0 Å². The summed E-state index contributed by atoms with van der Waals surface area (Å²) in [7, 11) is 0. The first kappa shape index (κ1) is 15.7. The third-order valence-corrected chi connectivity index (χ3v) is 0. The van der Waals surface area contributed by atoms with Crippen LogP contribution < -0.4 is 0 Å². The zero-order valence-corrected chi connectivity index (χ0v) is 3.98. The molecular formula is H2Ag2Na2O. The second kappa shape index (κ2) is 15.7. The maximum absolute atomic E-state index is 8.88. The summed E-state index contributed by atoms with van der Waals surface area (Å²) >= 11 is 2.26. The molecule has 0 aliphatic carbocycles. The van der Waals surface area contributed by atoms with E-state index in [0.29, 0.717) is 0 Å². The van der Waals surface area contributed by atoms with Gasteiger partial charge in [0, 0.05) is 0 Å². The van der Waals surface area contributed by atoms with Crippen molar-refractivity contribution in [3.63, 3.8) is 0 Å². The van der Waals surface area contributed by atoms with Crippen LogP contribution in [0, 0.1) is 0 Å². The normalized spacial score (nSPS) is 4.40. The van der Waals surface area contributed by atoms with Crippen molar-refractivity contribution in [2.75, 3.05) is 0 Å². The van der Waals surface area contributed by atoms with Gasteiger partial charge in [-0.1, -0.05) is 0 Å². The first-order valence-electron chi connectivity index (χ1n) is 0.214. The van der Waals surface area contributed by atoms with E-state index in [4.69, 9.17) is 3.25 Å². The summed E-state index contributed by atoms with van der Waals surface area (Å²) in [5, 5.41) is 0. The fraction of sp³-hybridized carbons (Fsp3) is 0. The van der Waals surface area contributed by atoms with Gasteiger partial charge < -0.3 is 0 Å². The van der Waals surface area contributed by atoms with Gasteiger partial charge >= 0.3 is 96.3 Å². The zero-order valence-electron chi connectivity index (χ0n) is 1.01. The Morgan fingerprint density at radius 2 is 1.40 bits per heavy atom. The van der Waals surface area contributed by atoms with Crippen molar-refractivity contribution in [3.8, 4) is 0 Å². The fourth-order valence-electron chi connectivity index (χ4n) is 0. The zero-order chi connectivity index (χ0) is 2.71. The molecule has 0 saturated heterocycles. The first-order valence-corrected chi connectivity index (χ1v) is 3.91. The molecule has 32 valence electrons. The molecule has 5 heteroatoms. The van der Waals surface area contributed by atoms with Crippen LogP contribution in [0.5, 0.6) is 0 Å². The minimum atomic E-state index is -0.370. The molecule has 0 bridgehead atoms. The Bertz CT molecular complexity index is 15.1. The van der Waals surface area contributed by atoms with Crippen LogP contribution in [0.25, 0.3) is 0 Å². The Morgan fingerprint density at radius 1 is 1.40 bits per heavy atom. The molecule has 0 aliphatic rings. The van der Waals surface area contributed by atoms with Gasteiger partial charge in [-0.05, 0) is 0 Å². The van der Waals surface area contributed by atoms with Gasteiger partial charge in [0.05, 0.1) is 0 Å². The molecule has 0 unspecified atom stereocenters. The van der Waals surface area contributed by atoms with E-state index in [0.717, 1.165) is 0 Å². The molecule has 0 aromatic carbocycles. The molecule has 0 aromatic heterocycles. The van der Waals surface area contributed by atoms with E-state index in [-0.39, 0.29) is 75.4 Å². The Kier molecular flexibility index (Phi) is 49.3. The Morgan fingerprint density at radius 3 is 1.40 bits per heavy atom. The third-order valence-electron chi connectivity index (χ3n) is 0. The third kappa shape index (κ3) is 18.9. The maximum atomic E-state index is 8.88. The van der Waals surface area contributed by atoms with Crippen LogP contribution in [0.1, 0.15) is 0 Å². The van der Waals surface area contributed by atoms with E-state index in [2.05, 4.69) is 17.6 Å². The molecule has 0 fully saturated rings. The van der Waals surface area contributed by atoms with E-state index >= 15 is 0 Å². The minimum absolute atomic E-state index is 0. The Hall–Kier alpha value is 3.28. The first-order chi connectivity index (χ1) is 1.41. The van der Waals surface area contributed by atoms with Crippen molar-refractivity contribution < 1.29 is 37.2 Å². The molecule has 0 aromatic rings. The molecule has 0 amide bonds. The molecular weight excluding hydrogens is 278 g/mol. The summed E-state index contributed by atoms with van der Waals surface area (Å²) in [6.45, 7) is 0. The van der Waals surface area contributed by atoms with Gasteiger partial charge in [0.1, 0.15) is 0 Å². The van der Waals surface area contributed by atoms with Crippen LogP contribution in [0.4, 0.5) is 0 Å². The van der Waals surface area contributed by atoms with E-state index in [1.807, 2.05) is 0 Å². The second-order valence-corrected chi connectivity index (χ2v) is 1.30. The van der Waals surface area contributed by atoms with Gasteiger partial charge in [0.2, 0.25) is 0 Å².